The summed E-state index contributed by atoms with van der Waals surface area (Å²) in [4.78, 5) is 29.2. The van der Waals surface area contributed by atoms with E-state index in [-0.39, 0.29) is 17.6 Å². The fourth-order valence-corrected chi connectivity index (χ4v) is 4.01. The molecule has 0 fully saturated rings. The standard InChI is InChI=1S/C27H23N5O3/c1-32-16-19(14-29-32)26(34)30-20-8-5-17(6-9-20)11-18-7-10-25-23(12-18)24(27(35)31-25)15-28-21-3-2-4-22(33)13-21/h2-10,12-16,24,33H,11H2,1H3,(H,30,34)(H,31,35). The Morgan fingerprint density at radius 1 is 1.14 bits per heavy atom. The molecule has 3 N–H and O–H groups in total. The van der Waals surface area contributed by atoms with Crippen molar-refractivity contribution in [3.8, 4) is 5.75 Å². The lowest BCUT2D eigenvalue weighted by atomic mass is 9.96. The van der Waals surface area contributed by atoms with Crippen LogP contribution in [0, 0.1) is 0 Å². The van der Waals surface area contributed by atoms with Gasteiger partial charge in [-0.1, -0.05) is 30.3 Å². The highest BCUT2D eigenvalue weighted by molar-refractivity contribution is 6.12. The molecule has 5 rings (SSSR count). The fourth-order valence-electron chi connectivity index (χ4n) is 4.01. The van der Waals surface area contributed by atoms with Gasteiger partial charge in [0.05, 0.1) is 17.4 Å². The van der Waals surface area contributed by atoms with Gasteiger partial charge in [0.1, 0.15) is 11.7 Å². The molecule has 1 aromatic heterocycles. The highest BCUT2D eigenvalue weighted by Crippen LogP contribution is 2.33. The van der Waals surface area contributed by atoms with Crippen LogP contribution in [0.2, 0.25) is 0 Å². The molecule has 8 heteroatoms. The van der Waals surface area contributed by atoms with Gasteiger partial charge in [0, 0.05) is 36.9 Å². The number of rotatable bonds is 6. The smallest absolute Gasteiger partial charge is 0.258 e. The van der Waals surface area contributed by atoms with Crippen LogP contribution in [0.15, 0.2) is 84.1 Å². The Balaban J connectivity index is 1.28. The van der Waals surface area contributed by atoms with Gasteiger partial charge in [-0.2, -0.15) is 5.10 Å². The van der Waals surface area contributed by atoms with E-state index in [1.54, 1.807) is 48.4 Å². The summed E-state index contributed by atoms with van der Waals surface area (Å²) in [6, 6.07) is 20.2. The van der Waals surface area contributed by atoms with E-state index in [1.165, 1.54) is 6.20 Å². The van der Waals surface area contributed by atoms with Crippen LogP contribution in [0.4, 0.5) is 17.1 Å². The zero-order valence-corrected chi connectivity index (χ0v) is 19.0. The number of hydrogen-bond donors (Lipinski definition) is 3. The molecule has 0 spiro atoms. The second kappa shape index (κ2) is 9.26. The van der Waals surface area contributed by atoms with Gasteiger partial charge in [-0.3, -0.25) is 19.3 Å². The Labute approximate surface area is 202 Å². The minimum absolute atomic E-state index is 0.126. The number of nitrogens with zero attached hydrogens (tertiary/aromatic N) is 3. The zero-order chi connectivity index (χ0) is 24.4. The molecular formula is C27H23N5O3. The number of aryl methyl sites for hydroxylation is 1. The van der Waals surface area contributed by atoms with Crippen LogP contribution in [0.3, 0.4) is 0 Å². The largest absolute Gasteiger partial charge is 0.508 e. The van der Waals surface area contributed by atoms with Gasteiger partial charge >= 0.3 is 0 Å². The average molecular weight is 466 g/mol. The Kier molecular flexibility index (Phi) is 5.85. The number of phenolic OH excluding ortho intramolecular Hbond substituents is 1. The number of aromatic nitrogens is 2. The molecule has 3 aromatic carbocycles. The third-order valence-electron chi connectivity index (χ3n) is 5.78. The zero-order valence-electron chi connectivity index (χ0n) is 19.0. The summed E-state index contributed by atoms with van der Waals surface area (Å²) in [7, 11) is 1.76. The first-order valence-corrected chi connectivity index (χ1v) is 11.1. The second-order valence-electron chi connectivity index (χ2n) is 8.42. The molecule has 1 aliphatic heterocycles. The summed E-state index contributed by atoms with van der Waals surface area (Å²) >= 11 is 0. The molecule has 0 saturated carbocycles. The van der Waals surface area contributed by atoms with Crippen molar-refractivity contribution in [2.75, 3.05) is 10.6 Å². The van der Waals surface area contributed by atoms with Crippen molar-refractivity contribution in [3.63, 3.8) is 0 Å². The van der Waals surface area contributed by atoms with Crippen LogP contribution in [0.25, 0.3) is 0 Å². The third kappa shape index (κ3) is 4.96. The summed E-state index contributed by atoms with van der Waals surface area (Å²) in [5, 5.41) is 19.4. The molecule has 1 unspecified atom stereocenters. The van der Waals surface area contributed by atoms with E-state index in [9.17, 15) is 14.7 Å². The average Bonchev–Trinajstić information content (AvgIpc) is 3.41. The van der Waals surface area contributed by atoms with Gasteiger partial charge in [0.15, 0.2) is 0 Å². The van der Waals surface area contributed by atoms with Gasteiger partial charge < -0.3 is 15.7 Å². The van der Waals surface area contributed by atoms with Crippen LogP contribution in [-0.4, -0.2) is 32.9 Å². The van der Waals surface area contributed by atoms with Gasteiger partial charge in [0.2, 0.25) is 5.91 Å². The van der Waals surface area contributed by atoms with Crippen molar-refractivity contribution in [1.82, 2.24) is 9.78 Å². The maximum absolute atomic E-state index is 12.5. The van der Waals surface area contributed by atoms with Crippen molar-refractivity contribution in [3.05, 3.63) is 101 Å². The number of aliphatic imine (C=N–C) groups is 1. The highest BCUT2D eigenvalue weighted by atomic mass is 16.3. The SMILES string of the molecule is Cn1cc(C(=O)Nc2ccc(Cc3ccc4c(c3)C(C=Nc3cccc(O)c3)C(=O)N4)cc2)cn1. The van der Waals surface area contributed by atoms with Crippen molar-refractivity contribution < 1.29 is 14.7 Å². The molecule has 2 amide bonds. The number of amides is 2. The van der Waals surface area contributed by atoms with E-state index in [1.807, 2.05) is 42.5 Å². The van der Waals surface area contributed by atoms with Gasteiger partial charge in [-0.15, -0.1) is 0 Å². The second-order valence-corrected chi connectivity index (χ2v) is 8.42. The summed E-state index contributed by atoms with van der Waals surface area (Å²) in [6.07, 6.45) is 5.48. The van der Waals surface area contributed by atoms with Gasteiger partial charge in [-0.05, 0) is 53.4 Å². The fraction of sp³-hybridized carbons (Fsp3) is 0.111. The summed E-state index contributed by atoms with van der Waals surface area (Å²) < 4.78 is 1.58. The summed E-state index contributed by atoms with van der Waals surface area (Å²) in [5.41, 5.74) is 5.57. The molecule has 0 radical (unpaired) electrons. The molecule has 8 nitrogen and oxygen atoms in total. The Morgan fingerprint density at radius 3 is 2.69 bits per heavy atom. The number of phenols is 1. The number of carbonyl (C=O) groups excluding carboxylic acids is 2. The maximum Gasteiger partial charge on any atom is 0.258 e. The van der Waals surface area contributed by atoms with E-state index in [2.05, 4.69) is 20.7 Å². The molecule has 2 heterocycles. The molecule has 35 heavy (non-hydrogen) atoms. The van der Waals surface area contributed by atoms with E-state index >= 15 is 0 Å². The van der Waals surface area contributed by atoms with Crippen LogP contribution in [-0.2, 0) is 18.3 Å². The first kappa shape index (κ1) is 22.1. The third-order valence-corrected chi connectivity index (χ3v) is 5.78. The quantitative estimate of drug-likeness (QED) is 0.367. The van der Waals surface area contributed by atoms with E-state index in [0.29, 0.717) is 23.4 Å². The summed E-state index contributed by atoms with van der Waals surface area (Å²) in [6.45, 7) is 0. The normalized spacial score (nSPS) is 14.7. The number of benzene rings is 3. The molecular weight excluding hydrogens is 442 g/mol. The molecule has 1 atom stereocenters. The van der Waals surface area contributed by atoms with E-state index in [0.717, 1.165) is 22.4 Å². The van der Waals surface area contributed by atoms with Crippen LogP contribution >= 0.6 is 0 Å². The van der Waals surface area contributed by atoms with Crippen LogP contribution in [0.1, 0.15) is 33.0 Å². The molecule has 0 aliphatic carbocycles. The van der Waals surface area contributed by atoms with Crippen LogP contribution < -0.4 is 10.6 Å². The molecule has 4 aromatic rings. The van der Waals surface area contributed by atoms with Crippen molar-refractivity contribution >= 4 is 35.1 Å². The number of fused-ring (bicyclic) bond motifs is 1. The Hall–Kier alpha value is -4.72. The molecule has 174 valence electrons. The lowest BCUT2D eigenvalue weighted by Crippen LogP contribution is -2.12. The lowest BCUT2D eigenvalue weighted by molar-refractivity contribution is -0.115. The van der Waals surface area contributed by atoms with Crippen molar-refractivity contribution in [2.45, 2.75) is 12.3 Å². The number of carbonyl (C=O) groups is 2. The monoisotopic (exact) mass is 465 g/mol. The minimum atomic E-state index is -0.502. The van der Waals surface area contributed by atoms with Gasteiger partial charge in [0.25, 0.3) is 5.91 Å². The number of aromatic hydroxyl groups is 1. The topological polar surface area (TPSA) is 109 Å². The first-order chi connectivity index (χ1) is 16.9. The van der Waals surface area contributed by atoms with E-state index in [4.69, 9.17) is 0 Å². The molecule has 1 aliphatic rings. The Bertz CT molecular complexity index is 1440. The first-order valence-electron chi connectivity index (χ1n) is 11.1. The maximum atomic E-state index is 12.5. The predicted octanol–water partition coefficient (Wildman–Crippen LogP) is 4.41. The van der Waals surface area contributed by atoms with Crippen molar-refractivity contribution in [1.29, 1.82) is 0 Å². The molecule has 0 bridgehead atoms. The van der Waals surface area contributed by atoms with E-state index < -0.39 is 5.92 Å². The minimum Gasteiger partial charge on any atom is -0.508 e. The number of hydrogen-bond acceptors (Lipinski definition) is 5. The molecule has 0 saturated heterocycles. The lowest BCUT2D eigenvalue weighted by Gasteiger charge is -2.08. The van der Waals surface area contributed by atoms with Gasteiger partial charge in [-0.25, -0.2) is 0 Å². The number of nitrogens with one attached hydrogen (secondary N) is 2. The Morgan fingerprint density at radius 2 is 1.94 bits per heavy atom. The number of anilines is 2. The van der Waals surface area contributed by atoms with Crippen LogP contribution in [0.5, 0.6) is 5.75 Å². The predicted molar refractivity (Wildman–Crippen MR) is 134 cm³/mol. The van der Waals surface area contributed by atoms with Crippen molar-refractivity contribution in [2.24, 2.45) is 12.0 Å². The highest BCUT2D eigenvalue weighted by Gasteiger charge is 2.29. The summed E-state index contributed by atoms with van der Waals surface area (Å²) in [5.74, 6) is -0.715.